The summed E-state index contributed by atoms with van der Waals surface area (Å²) in [6, 6.07) is 5.82. The summed E-state index contributed by atoms with van der Waals surface area (Å²) in [5.74, 6) is 1.29. The normalized spacial score (nSPS) is 17.1. The van der Waals surface area contributed by atoms with E-state index in [0.29, 0.717) is 10.8 Å². The van der Waals surface area contributed by atoms with Gasteiger partial charge in [0.25, 0.3) is 0 Å². The molecule has 1 N–H and O–H groups in total. The summed E-state index contributed by atoms with van der Waals surface area (Å²) >= 11 is 4.79. The van der Waals surface area contributed by atoms with Gasteiger partial charge in [-0.3, -0.25) is 0 Å². The van der Waals surface area contributed by atoms with Crippen LogP contribution in [0.15, 0.2) is 29.3 Å². The van der Waals surface area contributed by atoms with Crippen molar-refractivity contribution in [1.82, 2.24) is 9.71 Å². The maximum atomic E-state index is 13.1. The standard InChI is InChI=1S/C21H30N2O2S3/c1-14(2)25-16-10-11-17(19(12-16)28(24)23-21(3,4)26)18-13-22-20(27-18)15-8-6-5-7-9-15/h10-15,23,26H,5-9H2,1-4H3. The monoisotopic (exact) mass is 438 g/mol. The number of nitrogens with one attached hydrogen (secondary N) is 1. The van der Waals surface area contributed by atoms with Crippen LogP contribution in [0.5, 0.6) is 5.75 Å². The molecule has 0 amide bonds. The Bertz CT molecular complexity index is 780. The van der Waals surface area contributed by atoms with Crippen LogP contribution in [-0.4, -0.2) is 20.5 Å². The van der Waals surface area contributed by atoms with E-state index in [9.17, 15) is 4.55 Å². The smallest absolute Gasteiger partial charge is 0.186 e. The van der Waals surface area contributed by atoms with Crippen molar-refractivity contribution in [2.75, 3.05) is 0 Å². The molecule has 1 aliphatic rings. The Morgan fingerprint density at radius 1 is 1.29 bits per heavy atom. The van der Waals surface area contributed by atoms with Crippen molar-refractivity contribution in [1.29, 1.82) is 0 Å². The van der Waals surface area contributed by atoms with Gasteiger partial charge in [-0.05, 0) is 52.7 Å². The first-order chi connectivity index (χ1) is 13.2. The number of thiol groups is 1. The molecule has 28 heavy (non-hydrogen) atoms. The van der Waals surface area contributed by atoms with Gasteiger partial charge in [-0.2, -0.15) is 12.6 Å². The molecule has 3 rings (SSSR count). The van der Waals surface area contributed by atoms with Gasteiger partial charge in [0.05, 0.1) is 32.9 Å². The second-order valence-corrected chi connectivity index (χ2v) is 11.5. The summed E-state index contributed by atoms with van der Waals surface area (Å²) < 4.78 is 22.0. The molecule has 1 heterocycles. The lowest BCUT2D eigenvalue weighted by Gasteiger charge is -2.22. The third kappa shape index (κ3) is 5.89. The lowest BCUT2D eigenvalue weighted by molar-refractivity contribution is 0.242. The van der Waals surface area contributed by atoms with E-state index in [1.165, 1.54) is 37.1 Å². The van der Waals surface area contributed by atoms with E-state index in [-0.39, 0.29) is 6.10 Å². The van der Waals surface area contributed by atoms with Crippen molar-refractivity contribution in [3.63, 3.8) is 0 Å². The third-order valence-corrected chi connectivity index (χ3v) is 7.50. The van der Waals surface area contributed by atoms with Crippen LogP contribution >= 0.6 is 24.0 Å². The SMILES string of the molecule is CC(C)Oc1ccc(-c2cnc(C3CCCCC3)s2)c([S+]([O-])NC(C)(C)S)c1. The summed E-state index contributed by atoms with van der Waals surface area (Å²) in [5.41, 5.74) is 0.944. The highest BCUT2D eigenvalue weighted by Crippen LogP contribution is 2.40. The molecule has 1 unspecified atom stereocenters. The molecular formula is C21H30N2O2S3. The molecule has 7 heteroatoms. The van der Waals surface area contributed by atoms with Gasteiger partial charge in [0, 0.05) is 18.2 Å². The number of hydrogen-bond acceptors (Lipinski definition) is 6. The molecule has 1 fully saturated rings. The highest BCUT2D eigenvalue weighted by molar-refractivity contribution is 7.91. The van der Waals surface area contributed by atoms with E-state index >= 15 is 0 Å². The maximum absolute atomic E-state index is 13.1. The summed E-state index contributed by atoms with van der Waals surface area (Å²) in [7, 11) is 0. The van der Waals surface area contributed by atoms with Gasteiger partial charge >= 0.3 is 0 Å². The second kappa shape index (κ2) is 9.39. The fourth-order valence-electron chi connectivity index (χ4n) is 3.44. The highest BCUT2D eigenvalue weighted by atomic mass is 32.2. The number of rotatable bonds is 7. The van der Waals surface area contributed by atoms with Gasteiger partial charge in [0.15, 0.2) is 4.90 Å². The van der Waals surface area contributed by atoms with Crippen molar-refractivity contribution in [2.45, 2.75) is 81.6 Å². The van der Waals surface area contributed by atoms with E-state index < -0.39 is 16.2 Å². The Kier molecular flexibility index (Phi) is 7.37. The lowest BCUT2D eigenvalue weighted by Crippen LogP contribution is -2.38. The molecule has 1 aliphatic carbocycles. The zero-order valence-corrected chi connectivity index (χ0v) is 19.6. The number of aromatic nitrogens is 1. The van der Waals surface area contributed by atoms with Crippen LogP contribution in [0.4, 0.5) is 0 Å². The van der Waals surface area contributed by atoms with Gasteiger partial charge < -0.3 is 9.29 Å². The Morgan fingerprint density at radius 2 is 2.00 bits per heavy atom. The molecule has 0 bridgehead atoms. The molecule has 1 saturated carbocycles. The zero-order valence-electron chi connectivity index (χ0n) is 17.0. The minimum Gasteiger partial charge on any atom is -0.593 e. The first-order valence-electron chi connectivity index (χ1n) is 9.91. The first kappa shape index (κ1) is 22.0. The molecule has 1 aromatic heterocycles. The highest BCUT2D eigenvalue weighted by Gasteiger charge is 2.27. The van der Waals surface area contributed by atoms with Crippen molar-refractivity contribution in [2.24, 2.45) is 0 Å². The molecule has 0 radical (unpaired) electrons. The number of thiazole rings is 1. The van der Waals surface area contributed by atoms with E-state index in [1.807, 2.05) is 52.1 Å². The van der Waals surface area contributed by atoms with Gasteiger partial charge in [0.2, 0.25) is 0 Å². The fraction of sp³-hybridized carbons (Fsp3) is 0.571. The Hall–Kier alpha value is -0.730. The minimum atomic E-state index is -1.41. The van der Waals surface area contributed by atoms with Crippen LogP contribution in [-0.2, 0) is 11.4 Å². The molecule has 154 valence electrons. The predicted molar refractivity (Wildman–Crippen MR) is 122 cm³/mol. The predicted octanol–water partition coefficient (Wildman–Crippen LogP) is 5.92. The van der Waals surface area contributed by atoms with Crippen LogP contribution in [0.1, 0.15) is 70.7 Å². The number of benzene rings is 1. The Balaban J connectivity index is 1.93. The lowest BCUT2D eigenvalue weighted by atomic mass is 9.90. The fourth-order valence-corrected chi connectivity index (χ4v) is 6.04. The van der Waals surface area contributed by atoms with Crippen molar-refractivity contribution < 1.29 is 9.29 Å². The van der Waals surface area contributed by atoms with Gasteiger partial charge in [-0.15, -0.1) is 16.1 Å². The molecule has 0 aliphatic heterocycles. The number of nitrogens with zero attached hydrogens (tertiary/aromatic N) is 1. The first-order valence-corrected chi connectivity index (χ1v) is 12.3. The Morgan fingerprint density at radius 3 is 2.64 bits per heavy atom. The van der Waals surface area contributed by atoms with Gasteiger partial charge in [-0.1, -0.05) is 19.3 Å². The second-order valence-electron chi connectivity index (χ2n) is 8.15. The summed E-state index contributed by atoms with van der Waals surface area (Å²) in [4.78, 5) is 5.92. The number of hydrogen-bond donors (Lipinski definition) is 2. The molecule has 0 spiro atoms. The molecular weight excluding hydrogens is 408 g/mol. The number of ether oxygens (including phenoxy) is 1. The van der Waals surface area contributed by atoms with E-state index in [1.54, 1.807) is 11.3 Å². The van der Waals surface area contributed by atoms with Crippen molar-refractivity contribution >= 4 is 35.3 Å². The van der Waals surface area contributed by atoms with Gasteiger partial charge in [-0.25, -0.2) is 4.98 Å². The van der Waals surface area contributed by atoms with Crippen LogP contribution in [0, 0.1) is 0 Å². The van der Waals surface area contributed by atoms with Crippen LogP contribution in [0.3, 0.4) is 0 Å². The largest absolute Gasteiger partial charge is 0.593 e. The molecule has 1 aromatic carbocycles. The van der Waals surface area contributed by atoms with E-state index in [4.69, 9.17) is 9.72 Å². The topological polar surface area (TPSA) is 57.2 Å². The van der Waals surface area contributed by atoms with E-state index in [0.717, 1.165) is 16.2 Å². The van der Waals surface area contributed by atoms with Crippen molar-refractivity contribution in [3.8, 4) is 16.2 Å². The van der Waals surface area contributed by atoms with E-state index in [2.05, 4.69) is 17.4 Å². The van der Waals surface area contributed by atoms with Crippen LogP contribution in [0.2, 0.25) is 0 Å². The minimum absolute atomic E-state index is 0.0581. The molecule has 1 atom stereocenters. The third-order valence-electron chi connectivity index (χ3n) is 4.61. The molecule has 2 aromatic rings. The average molecular weight is 439 g/mol. The molecule has 0 saturated heterocycles. The summed E-state index contributed by atoms with van der Waals surface area (Å²) in [5, 5.41) is 1.21. The van der Waals surface area contributed by atoms with Crippen LogP contribution < -0.4 is 9.46 Å². The van der Waals surface area contributed by atoms with Gasteiger partial charge in [0.1, 0.15) is 10.6 Å². The maximum Gasteiger partial charge on any atom is 0.186 e. The zero-order chi connectivity index (χ0) is 20.3. The van der Waals surface area contributed by atoms with Crippen molar-refractivity contribution in [3.05, 3.63) is 29.4 Å². The van der Waals surface area contributed by atoms with Crippen LogP contribution in [0.25, 0.3) is 10.4 Å². The average Bonchev–Trinajstić information content (AvgIpc) is 3.10. The summed E-state index contributed by atoms with van der Waals surface area (Å²) in [6.07, 6.45) is 8.35. The summed E-state index contributed by atoms with van der Waals surface area (Å²) in [6.45, 7) is 7.74. The quantitative estimate of drug-likeness (QED) is 0.320. The molecule has 4 nitrogen and oxygen atoms in total. The Labute approximate surface area is 181 Å².